The number of carbonyl (C=O) groups is 1. The fraction of sp³-hybridized carbons (Fsp3) is 0.286. The number of hydrogen-bond acceptors (Lipinski definition) is 1. The fourth-order valence-corrected chi connectivity index (χ4v) is 2.53. The summed E-state index contributed by atoms with van der Waals surface area (Å²) in [6.07, 6.45) is 3.52. The fourth-order valence-electron chi connectivity index (χ4n) is 2.25. The van der Waals surface area contributed by atoms with Crippen LogP contribution in [0.4, 0.5) is 0 Å². The van der Waals surface area contributed by atoms with E-state index in [1.807, 2.05) is 31.2 Å². The van der Waals surface area contributed by atoms with E-state index in [1.54, 1.807) is 0 Å². The van der Waals surface area contributed by atoms with Crippen molar-refractivity contribution >= 4 is 29.5 Å². The highest BCUT2D eigenvalue weighted by Gasteiger charge is 2.21. The van der Waals surface area contributed by atoms with Gasteiger partial charge in [-0.15, -0.1) is 0 Å². The number of halogens is 1. The molecule has 1 aromatic carbocycles. The Balaban J connectivity index is 2.48. The molecular formula is C14H16ClN3O. The number of carbonyl (C=O) groups excluding carboxylic acids is 1. The monoisotopic (exact) mass is 277 g/mol. The van der Waals surface area contributed by atoms with Crippen molar-refractivity contribution in [3.05, 3.63) is 39.9 Å². The van der Waals surface area contributed by atoms with Crippen molar-refractivity contribution in [2.75, 3.05) is 0 Å². The summed E-state index contributed by atoms with van der Waals surface area (Å²) in [6, 6.07) is 5.68. The van der Waals surface area contributed by atoms with Gasteiger partial charge in [0.2, 0.25) is 0 Å². The first kappa shape index (κ1) is 13.6. The molecule has 2 rings (SSSR count). The highest BCUT2D eigenvalue weighted by molar-refractivity contribution is 6.31. The topological polar surface area (TPSA) is 81.5 Å². The second kappa shape index (κ2) is 5.45. The number of amides is 1. The molecule has 1 aromatic rings. The lowest BCUT2D eigenvalue weighted by Crippen LogP contribution is -2.25. The van der Waals surface area contributed by atoms with Gasteiger partial charge in [-0.1, -0.05) is 30.7 Å². The molecule has 1 amide bonds. The molecule has 0 radical (unpaired) electrons. The predicted octanol–water partition coefficient (Wildman–Crippen LogP) is 2.11. The maximum atomic E-state index is 12.0. The van der Waals surface area contributed by atoms with Crippen LogP contribution < -0.4 is 11.5 Å². The summed E-state index contributed by atoms with van der Waals surface area (Å²) in [4.78, 5) is 15.6. The molecule has 4 N–H and O–H groups in total. The molecule has 0 spiro atoms. The summed E-state index contributed by atoms with van der Waals surface area (Å²) in [7, 11) is 0. The third-order valence-corrected chi connectivity index (χ3v) is 3.66. The first-order valence-electron chi connectivity index (χ1n) is 6.12. The van der Waals surface area contributed by atoms with E-state index in [0.717, 1.165) is 29.0 Å². The number of fused-ring (bicyclic) bond motifs is 1. The molecule has 1 aliphatic carbocycles. The van der Waals surface area contributed by atoms with Crippen LogP contribution in [0, 0.1) is 5.92 Å². The molecule has 4 nitrogen and oxygen atoms in total. The van der Waals surface area contributed by atoms with E-state index in [0.29, 0.717) is 5.57 Å². The summed E-state index contributed by atoms with van der Waals surface area (Å²) in [5.41, 5.74) is 13.2. The zero-order valence-electron chi connectivity index (χ0n) is 10.7. The van der Waals surface area contributed by atoms with Crippen LogP contribution in [0.25, 0.3) is 6.08 Å². The number of nitrogens with zero attached hydrogens (tertiary/aromatic N) is 1. The maximum Gasteiger partial charge on any atom is 0.276 e. The second-order valence-electron chi connectivity index (χ2n) is 4.69. The number of hydrogen-bond donors (Lipinski definition) is 2. The predicted molar refractivity (Wildman–Crippen MR) is 77.7 cm³/mol. The molecule has 0 aromatic heterocycles. The Bertz CT molecular complexity index is 574. The van der Waals surface area contributed by atoms with Crippen LogP contribution in [0.2, 0.25) is 5.02 Å². The lowest BCUT2D eigenvalue weighted by molar-refractivity contribution is -0.114. The van der Waals surface area contributed by atoms with E-state index in [1.165, 1.54) is 0 Å². The van der Waals surface area contributed by atoms with Gasteiger partial charge in [0.1, 0.15) is 0 Å². The summed E-state index contributed by atoms with van der Waals surface area (Å²) in [6.45, 7) is 1.99. The molecule has 19 heavy (non-hydrogen) atoms. The summed E-state index contributed by atoms with van der Waals surface area (Å²) in [5.74, 6) is -0.493. The Kier molecular flexibility index (Phi) is 3.90. The van der Waals surface area contributed by atoms with Gasteiger partial charge in [-0.3, -0.25) is 4.79 Å². The van der Waals surface area contributed by atoms with Gasteiger partial charge < -0.3 is 11.5 Å². The van der Waals surface area contributed by atoms with Crippen molar-refractivity contribution in [1.82, 2.24) is 0 Å². The number of aliphatic imine (C=N–C) groups is 1. The van der Waals surface area contributed by atoms with E-state index in [4.69, 9.17) is 23.1 Å². The molecule has 0 fully saturated rings. The number of nitrogens with two attached hydrogens (primary N) is 2. The minimum Gasteiger partial charge on any atom is -0.370 e. The minimum absolute atomic E-state index is 0.0964. The Morgan fingerprint density at radius 3 is 2.84 bits per heavy atom. The molecule has 0 saturated carbocycles. The molecule has 100 valence electrons. The van der Waals surface area contributed by atoms with Crippen LogP contribution >= 0.6 is 11.6 Å². The van der Waals surface area contributed by atoms with Gasteiger partial charge in [0, 0.05) is 10.6 Å². The Morgan fingerprint density at radius 1 is 1.42 bits per heavy atom. The molecule has 0 saturated heterocycles. The van der Waals surface area contributed by atoms with E-state index in [-0.39, 0.29) is 17.8 Å². The summed E-state index contributed by atoms with van der Waals surface area (Å²) >= 11 is 6.19. The zero-order chi connectivity index (χ0) is 14.0. The molecule has 1 atom stereocenters. The van der Waals surface area contributed by atoms with Gasteiger partial charge in [0.05, 0.1) is 0 Å². The van der Waals surface area contributed by atoms with Crippen LogP contribution in [0.15, 0.2) is 28.8 Å². The Hall–Kier alpha value is -1.81. The molecule has 1 aliphatic rings. The standard InChI is InChI=1S/C14H16ClN3O/c1-8-5-6-10-9(3-2-4-12(10)15)7-11(8)13(19)18-14(16)17/h2-4,7-8H,5-6H2,1H3,(H4,16,17,18,19). The van der Waals surface area contributed by atoms with Crippen molar-refractivity contribution in [3.63, 3.8) is 0 Å². The Morgan fingerprint density at radius 2 is 2.16 bits per heavy atom. The average Bonchev–Trinajstić information content (AvgIpc) is 2.49. The van der Waals surface area contributed by atoms with Crippen LogP contribution in [0.3, 0.4) is 0 Å². The number of guanidine groups is 1. The summed E-state index contributed by atoms with van der Waals surface area (Å²) in [5, 5.41) is 0.733. The highest BCUT2D eigenvalue weighted by Crippen LogP contribution is 2.31. The first-order chi connectivity index (χ1) is 8.99. The summed E-state index contributed by atoms with van der Waals surface area (Å²) < 4.78 is 0. The van der Waals surface area contributed by atoms with Gasteiger partial charge >= 0.3 is 0 Å². The third-order valence-electron chi connectivity index (χ3n) is 3.30. The average molecular weight is 278 g/mol. The molecule has 0 aliphatic heterocycles. The van der Waals surface area contributed by atoms with Crippen LogP contribution in [-0.4, -0.2) is 11.9 Å². The van der Waals surface area contributed by atoms with E-state index >= 15 is 0 Å². The van der Waals surface area contributed by atoms with Gasteiger partial charge in [0.15, 0.2) is 5.96 Å². The van der Waals surface area contributed by atoms with Crippen molar-refractivity contribution in [2.24, 2.45) is 22.4 Å². The first-order valence-corrected chi connectivity index (χ1v) is 6.49. The second-order valence-corrected chi connectivity index (χ2v) is 5.10. The third kappa shape index (κ3) is 2.96. The van der Waals surface area contributed by atoms with Crippen molar-refractivity contribution in [1.29, 1.82) is 0 Å². The van der Waals surface area contributed by atoms with E-state index < -0.39 is 0 Å². The van der Waals surface area contributed by atoms with E-state index in [9.17, 15) is 4.79 Å². The number of rotatable bonds is 1. The van der Waals surface area contributed by atoms with Gasteiger partial charge in [-0.25, -0.2) is 0 Å². The quantitative estimate of drug-likeness (QED) is 0.609. The molecule has 0 heterocycles. The van der Waals surface area contributed by atoms with Gasteiger partial charge in [0.25, 0.3) is 5.91 Å². The minimum atomic E-state index is -0.375. The van der Waals surface area contributed by atoms with Crippen LogP contribution in [-0.2, 0) is 11.2 Å². The zero-order valence-corrected chi connectivity index (χ0v) is 11.4. The van der Waals surface area contributed by atoms with Crippen molar-refractivity contribution in [2.45, 2.75) is 19.8 Å². The van der Waals surface area contributed by atoms with E-state index in [2.05, 4.69) is 4.99 Å². The maximum absolute atomic E-state index is 12.0. The largest absolute Gasteiger partial charge is 0.370 e. The van der Waals surface area contributed by atoms with Crippen LogP contribution in [0.1, 0.15) is 24.5 Å². The van der Waals surface area contributed by atoms with Crippen molar-refractivity contribution in [3.8, 4) is 0 Å². The molecular weight excluding hydrogens is 262 g/mol. The van der Waals surface area contributed by atoms with Gasteiger partial charge in [-0.2, -0.15) is 4.99 Å². The smallest absolute Gasteiger partial charge is 0.276 e. The molecule has 0 bridgehead atoms. The lowest BCUT2D eigenvalue weighted by Gasteiger charge is -2.10. The molecule has 5 heteroatoms. The lowest BCUT2D eigenvalue weighted by atomic mass is 9.96. The van der Waals surface area contributed by atoms with Gasteiger partial charge in [-0.05, 0) is 42.0 Å². The van der Waals surface area contributed by atoms with Crippen LogP contribution in [0.5, 0.6) is 0 Å². The molecule has 1 unspecified atom stereocenters. The highest BCUT2D eigenvalue weighted by atomic mass is 35.5. The normalized spacial score (nSPS) is 18.0. The number of benzene rings is 1. The Labute approximate surface area is 117 Å². The SMILES string of the molecule is CC1CCc2c(Cl)cccc2C=C1C(=O)N=C(N)N. The van der Waals surface area contributed by atoms with Crippen molar-refractivity contribution < 1.29 is 4.79 Å².